The summed E-state index contributed by atoms with van der Waals surface area (Å²) < 4.78 is 13.6. The van der Waals surface area contributed by atoms with E-state index in [4.69, 9.17) is 0 Å². The van der Waals surface area contributed by atoms with E-state index >= 15 is 0 Å². The van der Waals surface area contributed by atoms with Crippen molar-refractivity contribution in [2.75, 3.05) is 13.1 Å². The largest absolute Gasteiger partial charge is 0.388 e. The Hall–Kier alpha value is -1.07. The van der Waals surface area contributed by atoms with E-state index < -0.39 is 11.4 Å². The summed E-state index contributed by atoms with van der Waals surface area (Å²) in [5.41, 5.74) is -0.872. The fourth-order valence-corrected chi connectivity index (χ4v) is 2.44. The molecule has 5 heteroatoms. The molecule has 1 amide bonds. The average Bonchev–Trinajstić information content (AvgIpc) is 2.30. The van der Waals surface area contributed by atoms with E-state index in [0.717, 1.165) is 6.42 Å². The lowest BCUT2D eigenvalue weighted by molar-refractivity contribution is -0.0109. The SMILES string of the molecule is CC1(O)CCCN(C(=O)c2cc(S)ccc2F)C1. The molecule has 0 aromatic heterocycles. The maximum Gasteiger partial charge on any atom is 0.256 e. The van der Waals surface area contributed by atoms with Gasteiger partial charge in [0.2, 0.25) is 0 Å². The topological polar surface area (TPSA) is 40.5 Å². The number of rotatable bonds is 1. The Morgan fingerprint density at radius 3 is 2.94 bits per heavy atom. The predicted octanol–water partition coefficient (Wildman–Crippen LogP) is 2.10. The van der Waals surface area contributed by atoms with Gasteiger partial charge in [0.1, 0.15) is 5.82 Å². The number of piperidine rings is 1. The van der Waals surface area contributed by atoms with Gasteiger partial charge >= 0.3 is 0 Å². The summed E-state index contributed by atoms with van der Waals surface area (Å²) in [5, 5.41) is 9.96. The van der Waals surface area contributed by atoms with Crippen molar-refractivity contribution in [2.45, 2.75) is 30.3 Å². The summed E-state index contributed by atoms with van der Waals surface area (Å²) in [6, 6.07) is 4.16. The van der Waals surface area contributed by atoms with Crippen LogP contribution in [0.5, 0.6) is 0 Å². The van der Waals surface area contributed by atoms with E-state index in [9.17, 15) is 14.3 Å². The molecule has 3 nitrogen and oxygen atoms in total. The molecule has 1 aliphatic rings. The van der Waals surface area contributed by atoms with Crippen molar-refractivity contribution >= 4 is 18.5 Å². The van der Waals surface area contributed by atoms with Gasteiger partial charge in [-0.2, -0.15) is 0 Å². The molecule has 2 rings (SSSR count). The number of amides is 1. The summed E-state index contributed by atoms with van der Waals surface area (Å²) in [5.74, 6) is -0.939. The summed E-state index contributed by atoms with van der Waals surface area (Å²) >= 11 is 4.11. The highest BCUT2D eigenvalue weighted by atomic mass is 32.1. The molecule has 0 saturated carbocycles. The van der Waals surface area contributed by atoms with E-state index in [-0.39, 0.29) is 18.0 Å². The lowest BCUT2D eigenvalue weighted by Crippen LogP contribution is -2.48. The standard InChI is InChI=1S/C13H16FNO2S/c1-13(17)5-2-6-15(8-13)12(16)10-7-9(18)3-4-11(10)14/h3-4,7,17-18H,2,5-6,8H2,1H3. The van der Waals surface area contributed by atoms with E-state index in [1.807, 2.05) is 0 Å². The molecule has 1 aromatic rings. The number of carbonyl (C=O) groups is 1. The lowest BCUT2D eigenvalue weighted by atomic mass is 9.94. The Bertz CT molecular complexity index is 476. The third-order valence-corrected chi connectivity index (χ3v) is 3.42. The van der Waals surface area contributed by atoms with Crippen molar-refractivity contribution < 1.29 is 14.3 Å². The molecule has 1 heterocycles. The van der Waals surface area contributed by atoms with Crippen LogP contribution in [0.15, 0.2) is 23.1 Å². The zero-order valence-electron chi connectivity index (χ0n) is 10.2. The number of nitrogens with zero attached hydrogens (tertiary/aromatic N) is 1. The summed E-state index contributed by atoms with van der Waals surface area (Å²) in [4.78, 5) is 14.2. The van der Waals surface area contributed by atoms with Crippen LogP contribution in [0.3, 0.4) is 0 Å². The van der Waals surface area contributed by atoms with Crippen LogP contribution in [0.4, 0.5) is 4.39 Å². The Morgan fingerprint density at radius 2 is 2.28 bits per heavy atom. The number of benzene rings is 1. The highest BCUT2D eigenvalue weighted by Crippen LogP contribution is 2.23. The molecule has 0 bridgehead atoms. The minimum atomic E-state index is -0.886. The Morgan fingerprint density at radius 1 is 1.56 bits per heavy atom. The van der Waals surface area contributed by atoms with Crippen LogP contribution in [-0.2, 0) is 0 Å². The van der Waals surface area contributed by atoms with Gasteiger partial charge in [-0.3, -0.25) is 4.79 Å². The van der Waals surface area contributed by atoms with E-state index in [1.54, 1.807) is 6.92 Å². The summed E-state index contributed by atoms with van der Waals surface area (Å²) in [7, 11) is 0. The molecule has 1 unspecified atom stereocenters. The zero-order valence-corrected chi connectivity index (χ0v) is 11.1. The van der Waals surface area contributed by atoms with Gasteiger partial charge < -0.3 is 10.0 Å². The Balaban J connectivity index is 2.23. The number of halogens is 1. The van der Waals surface area contributed by atoms with Crippen molar-refractivity contribution in [3.8, 4) is 0 Å². The molecule has 98 valence electrons. The Kier molecular flexibility index (Phi) is 3.64. The quantitative estimate of drug-likeness (QED) is 0.767. The van der Waals surface area contributed by atoms with Crippen molar-refractivity contribution in [1.82, 2.24) is 4.90 Å². The molecule has 1 fully saturated rings. The number of hydrogen-bond donors (Lipinski definition) is 2. The van der Waals surface area contributed by atoms with Gasteiger partial charge in [-0.15, -0.1) is 12.6 Å². The van der Waals surface area contributed by atoms with Crippen molar-refractivity contribution in [2.24, 2.45) is 0 Å². The molecule has 1 atom stereocenters. The fourth-order valence-electron chi connectivity index (χ4n) is 2.24. The van der Waals surface area contributed by atoms with Crippen LogP contribution in [0.25, 0.3) is 0 Å². The van der Waals surface area contributed by atoms with Gasteiger partial charge in [0.15, 0.2) is 0 Å². The van der Waals surface area contributed by atoms with Gasteiger partial charge in [0.25, 0.3) is 5.91 Å². The van der Waals surface area contributed by atoms with Crippen LogP contribution < -0.4 is 0 Å². The molecule has 18 heavy (non-hydrogen) atoms. The predicted molar refractivity (Wildman–Crippen MR) is 69.4 cm³/mol. The number of aliphatic hydroxyl groups is 1. The highest BCUT2D eigenvalue weighted by Gasteiger charge is 2.32. The van der Waals surface area contributed by atoms with Crippen LogP contribution in [-0.4, -0.2) is 34.6 Å². The van der Waals surface area contributed by atoms with Crippen LogP contribution in [0.2, 0.25) is 0 Å². The second-order valence-corrected chi connectivity index (χ2v) is 5.51. The van der Waals surface area contributed by atoms with Gasteiger partial charge in [0.05, 0.1) is 11.2 Å². The van der Waals surface area contributed by atoms with E-state index in [1.165, 1.54) is 23.1 Å². The van der Waals surface area contributed by atoms with E-state index in [0.29, 0.717) is 17.9 Å². The number of hydrogen-bond acceptors (Lipinski definition) is 3. The molecular weight excluding hydrogens is 253 g/mol. The molecule has 0 aliphatic carbocycles. The summed E-state index contributed by atoms with van der Waals surface area (Å²) in [6.45, 7) is 2.48. The second-order valence-electron chi connectivity index (χ2n) is 4.99. The van der Waals surface area contributed by atoms with Gasteiger partial charge in [-0.25, -0.2) is 4.39 Å². The normalized spacial score (nSPS) is 24.1. The average molecular weight is 269 g/mol. The smallest absolute Gasteiger partial charge is 0.256 e. The van der Waals surface area contributed by atoms with Crippen LogP contribution in [0, 0.1) is 5.82 Å². The van der Waals surface area contributed by atoms with Gasteiger partial charge in [-0.1, -0.05) is 0 Å². The number of likely N-dealkylation sites (tertiary alicyclic amines) is 1. The minimum absolute atomic E-state index is 0.0141. The van der Waals surface area contributed by atoms with E-state index in [2.05, 4.69) is 12.6 Å². The van der Waals surface area contributed by atoms with Crippen molar-refractivity contribution in [1.29, 1.82) is 0 Å². The third-order valence-electron chi connectivity index (χ3n) is 3.14. The number of thiol groups is 1. The number of carbonyl (C=O) groups excluding carboxylic acids is 1. The molecule has 0 spiro atoms. The maximum atomic E-state index is 13.6. The Labute approximate surface area is 111 Å². The molecule has 1 N–H and O–H groups in total. The van der Waals surface area contributed by atoms with Crippen LogP contribution >= 0.6 is 12.6 Å². The first kappa shape index (κ1) is 13.4. The zero-order chi connectivity index (χ0) is 13.3. The lowest BCUT2D eigenvalue weighted by Gasteiger charge is -2.36. The molecule has 0 radical (unpaired) electrons. The second kappa shape index (κ2) is 4.90. The maximum absolute atomic E-state index is 13.6. The highest BCUT2D eigenvalue weighted by molar-refractivity contribution is 7.80. The molecule has 1 aliphatic heterocycles. The molecular formula is C13H16FNO2S. The number of β-amino-alcohol motifs (C(OH)–C–C–N with tert-alkyl or cyclic N) is 1. The molecule has 1 aromatic carbocycles. The monoisotopic (exact) mass is 269 g/mol. The van der Waals surface area contributed by atoms with Crippen LogP contribution in [0.1, 0.15) is 30.1 Å². The van der Waals surface area contributed by atoms with Gasteiger partial charge in [-0.05, 0) is 38.0 Å². The fraction of sp³-hybridized carbons (Fsp3) is 0.462. The third kappa shape index (κ3) is 2.84. The van der Waals surface area contributed by atoms with Gasteiger partial charge in [0, 0.05) is 18.0 Å². The molecule has 1 saturated heterocycles. The first-order valence-electron chi connectivity index (χ1n) is 5.89. The van der Waals surface area contributed by atoms with Crippen molar-refractivity contribution in [3.05, 3.63) is 29.6 Å². The van der Waals surface area contributed by atoms with Crippen molar-refractivity contribution in [3.63, 3.8) is 0 Å². The first-order chi connectivity index (χ1) is 8.39. The summed E-state index contributed by atoms with van der Waals surface area (Å²) in [6.07, 6.45) is 1.38. The minimum Gasteiger partial charge on any atom is -0.388 e. The first-order valence-corrected chi connectivity index (χ1v) is 6.34.